The number of fused-ring (bicyclic) bond motifs is 1. The van der Waals surface area contributed by atoms with Gasteiger partial charge in [0.2, 0.25) is 0 Å². The Morgan fingerprint density at radius 2 is 1.80 bits per heavy atom. The molecule has 0 saturated carbocycles. The third-order valence-corrected chi connectivity index (χ3v) is 7.05. The number of hydrogen-bond acceptors (Lipinski definition) is 6. The lowest BCUT2D eigenvalue weighted by Crippen LogP contribution is -2.39. The van der Waals surface area contributed by atoms with E-state index in [9.17, 15) is 14.7 Å². The minimum Gasteiger partial charge on any atom is -0.506 e. The molecular formula is C31H29ClN4O4. The number of amides is 2. The van der Waals surface area contributed by atoms with E-state index in [1.807, 2.05) is 48.5 Å². The molecule has 5 rings (SSSR count). The normalized spacial score (nSPS) is 15.4. The zero-order valence-corrected chi connectivity index (χ0v) is 22.5. The zero-order valence-electron chi connectivity index (χ0n) is 21.7. The number of nitrogens with zero attached hydrogens (tertiary/aromatic N) is 2. The smallest absolute Gasteiger partial charge is 0.271 e. The van der Waals surface area contributed by atoms with Gasteiger partial charge in [-0.05, 0) is 47.7 Å². The Labute approximate surface area is 237 Å². The lowest BCUT2D eigenvalue weighted by Gasteiger charge is -2.17. The van der Waals surface area contributed by atoms with Crippen molar-refractivity contribution in [3.8, 4) is 11.5 Å². The van der Waals surface area contributed by atoms with Gasteiger partial charge in [-0.25, -0.2) is 5.43 Å². The van der Waals surface area contributed by atoms with Crippen LogP contribution in [-0.4, -0.2) is 53.8 Å². The molecule has 8 nitrogen and oxygen atoms in total. The second kappa shape index (κ2) is 12.6. The van der Waals surface area contributed by atoms with Crippen LogP contribution in [0.3, 0.4) is 0 Å². The summed E-state index contributed by atoms with van der Waals surface area (Å²) >= 11 is 5.88. The van der Waals surface area contributed by atoms with Crippen molar-refractivity contribution in [3.63, 3.8) is 0 Å². The zero-order chi connectivity index (χ0) is 27.9. The number of carbonyl (C=O) groups excluding carboxylic acids is 2. The lowest BCUT2D eigenvalue weighted by molar-refractivity contribution is -0.123. The van der Waals surface area contributed by atoms with E-state index in [1.54, 1.807) is 12.3 Å². The number of carbonyl (C=O) groups is 2. The van der Waals surface area contributed by atoms with Crippen molar-refractivity contribution in [1.82, 2.24) is 15.6 Å². The van der Waals surface area contributed by atoms with E-state index in [0.717, 1.165) is 42.4 Å². The first kappa shape index (κ1) is 27.2. The molecule has 1 saturated heterocycles. The molecular weight excluding hydrogens is 528 g/mol. The Hall–Kier alpha value is -4.40. The van der Waals surface area contributed by atoms with Crippen LogP contribution in [-0.2, 0) is 11.3 Å². The maximum atomic E-state index is 12.7. The molecule has 9 heteroatoms. The van der Waals surface area contributed by atoms with Crippen molar-refractivity contribution >= 4 is 40.4 Å². The summed E-state index contributed by atoms with van der Waals surface area (Å²) in [5.74, 6) is -0.128. The SMILES string of the molecule is O=C(COc1ccc(/C=N/NC(=O)c2ccc(O)c(Cl)c2)c2ccccc12)NC1CCN(Cc2ccccc2)C1. The third kappa shape index (κ3) is 6.77. The average Bonchev–Trinajstić information content (AvgIpc) is 3.40. The number of rotatable bonds is 9. The summed E-state index contributed by atoms with van der Waals surface area (Å²) in [6, 6.07) is 25.8. The summed E-state index contributed by atoms with van der Waals surface area (Å²) in [5, 5.41) is 18.5. The van der Waals surface area contributed by atoms with Crippen molar-refractivity contribution in [2.24, 2.45) is 5.10 Å². The molecule has 1 aliphatic heterocycles. The monoisotopic (exact) mass is 556 g/mol. The molecule has 4 aromatic rings. The second-order valence-electron chi connectivity index (χ2n) is 9.63. The average molecular weight is 557 g/mol. The predicted molar refractivity (Wildman–Crippen MR) is 156 cm³/mol. The Bertz CT molecular complexity index is 1540. The van der Waals surface area contributed by atoms with Gasteiger partial charge in [-0.15, -0.1) is 0 Å². The fourth-order valence-corrected chi connectivity index (χ4v) is 4.94. The minimum absolute atomic E-state index is 0.0835. The van der Waals surface area contributed by atoms with Crippen LogP contribution in [0.2, 0.25) is 5.02 Å². The maximum absolute atomic E-state index is 12.7. The Morgan fingerprint density at radius 3 is 2.60 bits per heavy atom. The molecule has 3 N–H and O–H groups in total. The van der Waals surface area contributed by atoms with Gasteiger partial charge < -0.3 is 15.2 Å². The number of halogens is 1. The standard InChI is InChI=1S/C31H29ClN4O4/c32-27-16-22(10-12-28(27)37)31(39)35-33-17-23-11-13-29(26-9-5-4-8-25(23)26)40-20-30(38)34-24-14-15-36(19-24)18-21-6-2-1-3-7-21/h1-13,16-17,24,37H,14-15,18-20H2,(H,34,38)(H,35,39)/b33-17+. The number of likely N-dealkylation sites (tertiary alicyclic amines) is 1. The van der Waals surface area contributed by atoms with Gasteiger partial charge in [-0.3, -0.25) is 14.5 Å². The molecule has 0 aromatic heterocycles. The molecule has 40 heavy (non-hydrogen) atoms. The van der Waals surface area contributed by atoms with Gasteiger partial charge in [0, 0.05) is 42.2 Å². The van der Waals surface area contributed by atoms with Crippen molar-refractivity contribution in [1.29, 1.82) is 0 Å². The number of aromatic hydroxyl groups is 1. The molecule has 0 bridgehead atoms. The van der Waals surface area contributed by atoms with Gasteiger partial charge in [-0.2, -0.15) is 5.10 Å². The molecule has 204 valence electrons. The first-order chi connectivity index (χ1) is 19.5. The molecule has 0 radical (unpaired) electrons. The summed E-state index contributed by atoms with van der Waals surface area (Å²) in [7, 11) is 0. The summed E-state index contributed by atoms with van der Waals surface area (Å²) in [4.78, 5) is 27.4. The van der Waals surface area contributed by atoms with Gasteiger partial charge in [0.05, 0.1) is 11.2 Å². The molecule has 1 fully saturated rings. The van der Waals surface area contributed by atoms with Crippen LogP contribution < -0.4 is 15.5 Å². The molecule has 0 aliphatic carbocycles. The number of ether oxygens (including phenoxy) is 1. The largest absolute Gasteiger partial charge is 0.506 e. The van der Waals surface area contributed by atoms with Gasteiger partial charge in [-0.1, -0.05) is 66.2 Å². The fraction of sp³-hybridized carbons (Fsp3) is 0.194. The number of hydrogen-bond donors (Lipinski definition) is 3. The predicted octanol–water partition coefficient (Wildman–Crippen LogP) is 4.73. The van der Waals surface area contributed by atoms with E-state index < -0.39 is 5.91 Å². The summed E-state index contributed by atoms with van der Waals surface area (Å²) in [6.07, 6.45) is 2.45. The van der Waals surface area contributed by atoms with E-state index in [-0.39, 0.29) is 34.9 Å². The summed E-state index contributed by atoms with van der Waals surface area (Å²) < 4.78 is 5.92. The van der Waals surface area contributed by atoms with E-state index in [0.29, 0.717) is 5.75 Å². The number of hydrazone groups is 1. The molecule has 2 amide bonds. The Kier molecular flexibility index (Phi) is 8.59. The van der Waals surface area contributed by atoms with Gasteiger partial charge >= 0.3 is 0 Å². The molecule has 4 aromatic carbocycles. The van der Waals surface area contributed by atoms with E-state index >= 15 is 0 Å². The first-order valence-corrected chi connectivity index (χ1v) is 13.4. The maximum Gasteiger partial charge on any atom is 0.271 e. The van der Waals surface area contributed by atoms with E-state index in [4.69, 9.17) is 16.3 Å². The van der Waals surface area contributed by atoms with Crippen LogP contribution in [0.1, 0.15) is 27.9 Å². The lowest BCUT2D eigenvalue weighted by atomic mass is 10.0. The van der Waals surface area contributed by atoms with Crippen molar-refractivity contribution in [2.75, 3.05) is 19.7 Å². The number of phenols is 1. The van der Waals surface area contributed by atoms with Crippen LogP contribution in [0.15, 0.2) is 90.0 Å². The van der Waals surface area contributed by atoms with Crippen LogP contribution in [0, 0.1) is 0 Å². The van der Waals surface area contributed by atoms with Crippen molar-refractivity contribution in [3.05, 3.63) is 107 Å². The highest BCUT2D eigenvalue weighted by Gasteiger charge is 2.24. The van der Waals surface area contributed by atoms with Gasteiger partial charge in [0.25, 0.3) is 11.8 Å². The summed E-state index contributed by atoms with van der Waals surface area (Å²) in [6.45, 7) is 2.55. The quantitative estimate of drug-likeness (QED) is 0.204. The molecule has 1 unspecified atom stereocenters. The van der Waals surface area contributed by atoms with Crippen LogP contribution in [0.25, 0.3) is 10.8 Å². The Balaban J connectivity index is 1.16. The van der Waals surface area contributed by atoms with Crippen molar-refractivity contribution < 1.29 is 19.4 Å². The Morgan fingerprint density at radius 1 is 1.02 bits per heavy atom. The topological polar surface area (TPSA) is 103 Å². The van der Waals surface area contributed by atoms with E-state index in [2.05, 4.69) is 32.9 Å². The minimum atomic E-state index is -0.459. The fourth-order valence-electron chi connectivity index (χ4n) is 4.75. The van der Waals surface area contributed by atoms with Gasteiger partial charge in [0.1, 0.15) is 11.5 Å². The second-order valence-corrected chi connectivity index (χ2v) is 10.0. The van der Waals surface area contributed by atoms with Crippen LogP contribution in [0.4, 0.5) is 0 Å². The highest BCUT2D eigenvalue weighted by Crippen LogP contribution is 2.28. The highest BCUT2D eigenvalue weighted by molar-refractivity contribution is 6.32. The number of nitrogens with one attached hydrogen (secondary N) is 2. The van der Waals surface area contributed by atoms with E-state index in [1.165, 1.54) is 23.8 Å². The molecule has 1 aliphatic rings. The van der Waals surface area contributed by atoms with Crippen LogP contribution >= 0.6 is 11.6 Å². The number of benzene rings is 4. The summed E-state index contributed by atoms with van der Waals surface area (Å²) in [5.41, 5.74) is 4.77. The van der Waals surface area contributed by atoms with Crippen molar-refractivity contribution in [2.45, 2.75) is 19.0 Å². The highest BCUT2D eigenvalue weighted by atomic mass is 35.5. The molecule has 1 atom stereocenters. The molecule has 1 heterocycles. The number of phenolic OH excluding ortho intramolecular Hbond substituents is 1. The first-order valence-electron chi connectivity index (χ1n) is 13.0. The molecule has 0 spiro atoms. The third-order valence-electron chi connectivity index (χ3n) is 6.74. The van der Waals surface area contributed by atoms with Gasteiger partial charge in [0.15, 0.2) is 6.61 Å². The van der Waals surface area contributed by atoms with Crippen LogP contribution in [0.5, 0.6) is 11.5 Å².